The van der Waals surface area contributed by atoms with Gasteiger partial charge in [-0.05, 0) is 51.0 Å². The Bertz CT molecular complexity index is 943. The van der Waals surface area contributed by atoms with Crippen LogP contribution in [0.25, 0.3) is 11.6 Å². The Kier molecular flexibility index (Phi) is 5.27. The Morgan fingerprint density at radius 2 is 2.07 bits per heavy atom. The van der Waals surface area contributed by atoms with Gasteiger partial charge in [0.05, 0.1) is 23.2 Å². The summed E-state index contributed by atoms with van der Waals surface area (Å²) in [6, 6.07) is 3.60. The van der Waals surface area contributed by atoms with Crippen molar-refractivity contribution >= 4 is 34.1 Å². The van der Waals surface area contributed by atoms with Gasteiger partial charge < -0.3 is 4.42 Å². The first-order valence-electron chi connectivity index (χ1n) is 8.92. The van der Waals surface area contributed by atoms with Crippen LogP contribution in [-0.4, -0.2) is 27.1 Å². The topological polar surface area (TPSA) is 80.9 Å². The van der Waals surface area contributed by atoms with Gasteiger partial charge in [-0.3, -0.25) is 10.1 Å². The van der Waals surface area contributed by atoms with Gasteiger partial charge in [-0.2, -0.15) is 0 Å². The number of thioether (sulfide) groups is 1. The van der Waals surface area contributed by atoms with Gasteiger partial charge in [-0.15, -0.1) is 23.1 Å². The summed E-state index contributed by atoms with van der Waals surface area (Å²) >= 11 is 3.01. The van der Waals surface area contributed by atoms with E-state index in [-0.39, 0.29) is 5.91 Å². The van der Waals surface area contributed by atoms with Crippen LogP contribution in [-0.2, 0) is 12.8 Å². The fourth-order valence-electron chi connectivity index (χ4n) is 3.21. The number of furan rings is 1. The number of aryl methyl sites for hydroxylation is 3. The van der Waals surface area contributed by atoms with Crippen LogP contribution in [0.1, 0.15) is 45.9 Å². The van der Waals surface area contributed by atoms with Gasteiger partial charge in [-0.1, -0.05) is 6.42 Å². The van der Waals surface area contributed by atoms with E-state index in [1.165, 1.54) is 35.9 Å². The molecule has 1 aliphatic carbocycles. The highest BCUT2D eigenvalue weighted by molar-refractivity contribution is 7.98. The zero-order chi connectivity index (χ0) is 18.8. The highest BCUT2D eigenvalue weighted by atomic mass is 32.2. The molecule has 3 heterocycles. The maximum atomic E-state index is 12.9. The van der Waals surface area contributed by atoms with E-state index in [1.807, 2.05) is 13.2 Å². The molecule has 0 saturated carbocycles. The Morgan fingerprint density at radius 3 is 2.85 bits per heavy atom. The highest BCUT2D eigenvalue weighted by Gasteiger charge is 2.22. The first kappa shape index (κ1) is 18.2. The lowest BCUT2D eigenvalue weighted by Crippen LogP contribution is -2.17. The predicted molar refractivity (Wildman–Crippen MR) is 108 cm³/mol. The standard InChI is InChI=1S/C19H20N4O2S2/c1-11-15(18(26-2)22-16(20-11)13-8-6-10-25-13)17(24)23-19-21-12-7-4-3-5-9-14(12)27-19/h6,8,10H,3-5,7,9H2,1-2H3,(H,21,23,24). The Balaban J connectivity index is 1.62. The average Bonchev–Trinajstić information content (AvgIpc) is 3.27. The molecule has 0 aliphatic heterocycles. The molecule has 0 bridgehead atoms. The summed E-state index contributed by atoms with van der Waals surface area (Å²) in [5, 5.41) is 4.25. The number of carbonyl (C=O) groups is 1. The summed E-state index contributed by atoms with van der Waals surface area (Å²) in [5.74, 6) is 0.857. The van der Waals surface area contributed by atoms with Crippen molar-refractivity contribution in [1.29, 1.82) is 0 Å². The molecule has 1 amide bonds. The van der Waals surface area contributed by atoms with E-state index in [2.05, 4.69) is 20.3 Å². The van der Waals surface area contributed by atoms with Gasteiger partial charge in [0.1, 0.15) is 5.03 Å². The normalized spacial score (nSPS) is 13.9. The first-order chi connectivity index (χ1) is 13.2. The van der Waals surface area contributed by atoms with Crippen molar-refractivity contribution < 1.29 is 9.21 Å². The number of aromatic nitrogens is 3. The van der Waals surface area contributed by atoms with Crippen LogP contribution in [0.15, 0.2) is 27.8 Å². The second kappa shape index (κ2) is 7.82. The third-order valence-corrected chi connectivity index (χ3v) is 6.29. The molecular weight excluding hydrogens is 380 g/mol. The Hall–Kier alpha value is -2.19. The van der Waals surface area contributed by atoms with Crippen molar-refractivity contribution in [3.05, 3.63) is 40.2 Å². The fourth-order valence-corrected chi connectivity index (χ4v) is 4.88. The lowest BCUT2D eigenvalue weighted by Gasteiger charge is -2.10. The minimum absolute atomic E-state index is 0.216. The number of hydrogen-bond donors (Lipinski definition) is 1. The lowest BCUT2D eigenvalue weighted by molar-refractivity contribution is 0.102. The van der Waals surface area contributed by atoms with Gasteiger partial charge in [-0.25, -0.2) is 15.0 Å². The minimum Gasteiger partial charge on any atom is -0.461 e. The Morgan fingerprint density at radius 1 is 1.22 bits per heavy atom. The van der Waals surface area contributed by atoms with E-state index in [9.17, 15) is 4.79 Å². The van der Waals surface area contributed by atoms with E-state index >= 15 is 0 Å². The fraction of sp³-hybridized carbons (Fsp3) is 0.368. The molecule has 3 aromatic heterocycles. The molecule has 8 heteroatoms. The number of hydrogen-bond acceptors (Lipinski definition) is 7. The van der Waals surface area contributed by atoms with E-state index < -0.39 is 0 Å². The van der Waals surface area contributed by atoms with E-state index in [0.29, 0.717) is 33.0 Å². The third-order valence-electron chi connectivity index (χ3n) is 4.53. The number of fused-ring (bicyclic) bond motifs is 1. The van der Waals surface area contributed by atoms with E-state index in [1.54, 1.807) is 29.7 Å². The molecule has 6 nitrogen and oxygen atoms in total. The molecular formula is C19H20N4O2S2. The Labute approximate surface area is 165 Å². The van der Waals surface area contributed by atoms with Gasteiger partial charge in [0, 0.05) is 4.88 Å². The van der Waals surface area contributed by atoms with Gasteiger partial charge in [0.25, 0.3) is 5.91 Å². The van der Waals surface area contributed by atoms with Crippen molar-refractivity contribution in [1.82, 2.24) is 15.0 Å². The van der Waals surface area contributed by atoms with Crippen molar-refractivity contribution in [2.45, 2.75) is 44.1 Å². The number of nitrogens with one attached hydrogen (secondary N) is 1. The largest absolute Gasteiger partial charge is 0.461 e. The maximum Gasteiger partial charge on any atom is 0.262 e. The molecule has 0 atom stereocenters. The molecule has 140 valence electrons. The molecule has 3 aromatic rings. The van der Waals surface area contributed by atoms with Crippen molar-refractivity contribution in [3.8, 4) is 11.6 Å². The van der Waals surface area contributed by atoms with Crippen LogP contribution < -0.4 is 5.32 Å². The molecule has 0 spiro atoms. The SMILES string of the molecule is CSc1nc(-c2ccco2)nc(C)c1C(=O)Nc1nc2c(s1)CCCCC2. The molecule has 1 N–H and O–H groups in total. The van der Waals surface area contributed by atoms with E-state index in [0.717, 1.165) is 18.5 Å². The molecule has 0 saturated heterocycles. The molecule has 0 radical (unpaired) electrons. The van der Waals surface area contributed by atoms with Crippen LogP contribution in [0.3, 0.4) is 0 Å². The summed E-state index contributed by atoms with van der Waals surface area (Å²) < 4.78 is 5.38. The zero-order valence-corrected chi connectivity index (χ0v) is 16.9. The smallest absolute Gasteiger partial charge is 0.262 e. The van der Waals surface area contributed by atoms with Crippen molar-refractivity contribution in [2.24, 2.45) is 0 Å². The predicted octanol–water partition coefficient (Wildman–Crippen LogP) is 4.74. The third kappa shape index (κ3) is 3.77. The molecule has 0 aromatic carbocycles. The van der Waals surface area contributed by atoms with Gasteiger partial charge in [0.2, 0.25) is 0 Å². The number of nitrogens with zero attached hydrogens (tertiary/aromatic N) is 3. The van der Waals surface area contributed by atoms with Crippen LogP contribution in [0, 0.1) is 6.92 Å². The monoisotopic (exact) mass is 400 g/mol. The van der Waals surface area contributed by atoms with Crippen molar-refractivity contribution in [3.63, 3.8) is 0 Å². The van der Waals surface area contributed by atoms with Crippen LogP contribution in [0.2, 0.25) is 0 Å². The number of amides is 1. The summed E-state index contributed by atoms with van der Waals surface area (Å²) in [4.78, 5) is 27.9. The lowest BCUT2D eigenvalue weighted by atomic mass is 10.2. The van der Waals surface area contributed by atoms with Gasteiger partial charge >= 0.3 is 0 Å². The highest BCUT2D eigenvalue weighted by Crippen LogP contribution is 2.30. The minimum atomic E-state index is -0.216. The molecule has 0 unspecified atom stereocenters. The summed E-state index contributed by atoms with van der Waals surface area (Å²) in [7, 11) is 0. The van der Waals surface area contributed by atoms with Crippen LogP contribution in [0.5, 0.6) is 0 Å². The number of rotatable bonds is 4. The number of thiazole rings is 1. The van der Waals surface area contributed by atoms with Gasteiger partial charge in [0.15, 0.2) is 16.7 Å². The summed E-state index contributed by atoms with van der Waals surface area (Å²) in [5.41, 5.74) is 2.25. The van der Waals surface area contributed by atoms with Crippen molar-refractivity contribution in [2.75, 3.05) is 11.6 Å². The first-order valence-corrected chi connectivity index (χ1v) is 11.0. The molecule has 4 rings (SSSR count). The van der Waals surface area contributed by atoms with E-state index in [4.69, 9.17) is 4.42 Å². The maximum absolute atomic E-state index is 12.9. The average molecular weight is 401 g/mol. The second-order valence-corrected chi connectivity index (χ2v) is 8.28. The second-order valence-electron chi connectivity index (χ2n) is 6.40. The number of carbonyl (C=O) groups excluding carboxylic acids is 1. The molecule has 27 heavy (non-hydrogen) atoms. The zero-order valence-electron chi connectivity index (χ0n) is 15.2. The molecule has 0 fully saturated rings. The quantitative estimate of drug-likeness (QED) is 0.387. The summed E-state index contributed by atoms with van der Waals surface area (Å²) in [6.45, 7) is 1.82. The summed E-state index contributed by atoms with van der Waals surface area (Å²) in [6.07, 6.45) is 9.15. The van der Waals surface area contributed by atoms with Crippen LogP contribution >= 0.6 is 23.1 Å². The number of anilines is 1. The molecule has 1 aliphatic rings. The van der Waals surface area contributed by atoms with Crippen LogP contribution in [0.4, 0.5) is 5.13 Å².